The predicted molar refractivity (Wildman–Crippen MR) is 76.2 cm³/mol. The summed E-state index contributed by atoms with van der Waals surface area (Å²) in [4.78, 5) is 2.21. The summed E-state index contributed by atoms with van der Waals surface area (Å²) in [5.74, 6) is 0.681. The normalized spacial score (nSPS) is 20.5. The van der Waals surface area contributed by atoms with Crippen LogP contribution in [-0.2, 0) is 0 Å². The van der Waals surface area contributed by atoms with Crippen LogP contribution in [0.25, 0.3) is 0 Å². The number of rotatable bonds is 5. The summed E-state index contributed by atoms with van der Waals surface area (Å²) in [5, 5.41) is 11.6. The van der Waals surface area contributed by atoms with E-state index in [2.05, 4.69) is 41.2 Å². The number of nitrogens with one attached hydrogen (secondary N) is 1. The SMILES string of the molecule is CCNC(C)c1nnc(N2CCC(C)(CC)CC2)o1. The molecule has 5 heteroatoms. The van der Waals surface area contributed by atoms with E-state index < -0.39 is 0 Å². The molecule has 1 saturated heterocycles. The number of nitrogens with zero attached hydrogens (tertiary/aromatic N) is 3. The Bertz CT molecular complexity index is 396. The minimum Gasteiger partial charge on any atom is -0.406 e. The van der Waals surface area contributed by atoms with Crippen LogP contribution in [0, 0.1) is 5.41 Å². The lowest BCUT2D eigenvalue weighted by molar-refractivity contribution is 0.233. The summed E-state index contributed by atoms with van der Waals surface area (Å²) < 4.78 is 5.78. The molecule has 1 N–H and O–H groups in total. The fourth-order valence-electron chi connectivity index (χ4n) is 2.51. The Morgan fingerprint density at radius 2 is 2.00 bits per heavy atom. The lowest BCUT2D eigenvalue weighted by Gasteiger charge is -2.37. The van der Waals surface area contributed by atoms with Crippen LogP contribution in [0.15, 0.2) is 4.42 Å². The van der Waals surface area contributed by atoms with Crippen LogP contribution >= 0.6 is 0 Å². The van der Waals surface area contributed by atoms with Gasteiger partial charge in [-0.15, -0.1) is 5.10 Å². The maximum Gasteiger partial charge on any atom is 0.318 e. The van der Waals surface area contributed by atoms with E-state index >= 15 is 0 Å². The van der Waals surface area contributed by atoms with Gasteiger partial charge in [0.1, 0.15) is 0 Å². The van der Waals surface area contributed by atoms with Gasteiger partial charge in [0, 0.05) is 13.1 Å². The van der Waals surface area contributed by atoms with Gasteiger partial charge < -0.3 is 14.6 Å². The smallest absolute Gasteiger partial charge is 0.318 e. The largest absolute Gasteiger partial charge is 0.406 e. The highest BCUT2D eigenvalue weighted by Gasteiger charge is 2.30. The van der Waals surface area contributed by atoms with Gasteiger partial charge in [-0.25, -0.2) is 0 Å². The minimum atomic E-state index is 0.122. The van der Waals surface area contributed by atoms with E-state index in [1.54, 1.807) is 0 Å². The van der Waals surface area contributed by atoms with Gasteiger partial charge in [0.2, 0.25) is 5.89 Å². The summed E-state index contributed by atoms with van der Waals surface area (Å²) in [5.41, 5.74) is 0.483. The van der Waals surface area contributed by atoms with Crippen LogP contribution in [0.4, 0.5) is 6.01 Å². The van der Waals surface area contributed by atoms with Crippen LogP contribution < -0.4 is 10.2 Å². The Labute approximate surface area is 115 Å². The molecule has 1 aromatic heterocycles. The number of hydrogen-bond acceptors (Lipinski definition) is 5. The van der Waals surface area contributed by atoms with Crippen LogP contribution in [0.1, 0.15) is 58.9 Å². The summed E-state index contributed by atoms with van der Waals surface area (Å²) >= 11 is 0. The average Bonchev–Trinajstić information content (AvgIpc) is 2.90. The molecule has 0 aliphatic carbocycles. The Morgan fingerprint density at radius 1 is 1.32 bits per heavy atom. The molecule has 0 radical (unpaired) electrons. The summed E-state index contributed by atoms with van der Waals surface area (Å²) in [6.07, 6.45) is 3.64. The third-order valence-corrected chi connectivity index (χ3v) is 4.41. The molecule has 19 heavy (non-hydrogen) atoms. The molecule has 0 spiro atoms. The van der Waals surface area contributed by atoms with E-state index in [-0.39, 0.29) is 6.04 Å². The van der Waals surface area contributed by atoms with Gasteiger partial charge in [-0.1, -0.05) is 32.3 Å². The third-order valence-electron chi connectivity index (χ3n) is 4.41. The molecule has 5 nitrogen and oxygen atoms in total. The van der Waals surface area contributed by atoms with Crippen LogP contribution in [0.5, 0.6) is 0 Å². The van der Waals surface area contributed by atoms with Crippen molar-refractivity contribution in [1.29, 1.82) is 0 Å². The maximum absolute atomic E-state index is 5.78. The monoisotopic (exact) mass is 266 g/mol. The standard InChI is InChI=1S/C14H26N4O/c1-5-14(4)7-9-18(10-8-14)13-17-16-12(19-13)11(3)15-6-2/h11,15H,5-10H2,1-4H3. The van der Waals surface area contributed by atoms with Crippen molar-refractivity contribution in [2.45, 2.75) is 53.0 Å². The molecule has 0 bridgehead atoms. The first-order valence-corrected chi connectivity index (χ1v) is 7.39. The second-order valence-electron chi connectivity index (χ2n) is 5.85. The highest BCUT2D eigenvalue weighted by molar-refractivity contribution is 5.25. The molecule has 1 fully saturated rings. The second-order valence-corrected chi connectivity index (χ2v) is 5.85. The van der Waals surface area contributed by atoms with Crippen molar-refractivity contribution in [2.75, 3.05) is 24.5 Å². The zero-order chi connectivity index (χ0) is 13.9. The zero-order valence-corrected chi connectivity index (χ0v) is 12.6. The van der Waals surface area contributed by atoms with E-state index in [1.165, 1.54) is 19.3 Å². The lowest BCUT2D eigenvalue weighted by atomic mass is 9.78. The molecule has 108 valence electrons. The molecule has 2 rings (SSSR count). The molecule has 0 saturated carbocycles. The number of anilines is 1. The summed E-state index contributed by atoms with van der Waals surface area (Å²) in [6, 6.07) is 0.801. The summed E-state index contributed by atoms with van der Waals surface area (Å²) in [7, 11) is 0. The molecule has 1 atom stereocenters. The van der Waals surface area contributed by atoms with Gasteiger partial charge in [-0.05, 0) is 31.7 Å². The van der Waals surface area contributed by atoms with Crippen LogP contribution in [-0.4, -0.2) is 29.8 Å². The first kappa shape index (κ1) is 14.3. The van der Waals surface area contributed by atoms with Crippen LogP contribution in [0.3, 0.4) is 0 Å². The van der Waals surface area contributed by atoms with E-state index in [0.29, 0.717) is 17.3 Å². The lowest BCUT2D eigenvalue weighted by Crippen LogP contribution is -2.38. The third kappa shape index (κ3) is 3.26. The van der Waals surface area contributed by atoms with Crippen molar-refractivity contribution < 1.29 is 4.42 Å². The number of hydrogen-bond donors (Lipinski definition) is 1. The summed E-state index contributed by atoms with van der Waals surface area (Å²) in [6.45, 7) is 11.7. The van der Waals surface area contributed by atoms with Crippen molar-refractivity contribution in [2.24, 2.45) is 5.41 Å². The molecule has 1 aliphatic rings. The molecule has 1 aromatic rings. The second kappa shape index (κ2) is 5.90. The number of aromatic nitrogens is 2. The van der Waals surface area contributed by atoms with Crippen molar-refractivity contribution >= 4 is 6.01 Å². The quantitative estimate of drug-likeness (QED) is 0.888. The van der Waals surface area contributed by atoms with Gasteiger partial charge in [0.15, 0.2) is 0 Å². The van der Waals surface area contributed by atoms with Gasteiger partial charge in [-0.3, -0.25) is 0 Å². The van der Waals surface area contributed by atoms with Gasteiger partial charge in [0.05, 0.1) is 6.04 Å². The van der Waals surface area contributed by atoms with E-state index in [0.717, 1.165) is 19.6 Å². The predicted octanol–water partition coefficient (Wildman–Crippen LogP) is 2.76. The molecular formula is C14H26N4O. The van der Waals surface area contributed by atoms with Crippen LogP contribution in [0.2, 0.25) is 0 Å². The van der Waals surface area contributed by atoms with Crippen molar-refractivity contribution in [3.63, 3.8) is 0 Å². The minimum absolute atomic E-state index is 0.122. The zero-order valence-electron chi connectivity index (χ0n) is 12.6. The van der Waals surface area contributed by atoms with Crippen molar-refractivity contribution in [3.05, 3.63) is 5.89 Å². The van der Waals surface area contributed by atoms with Crippen molar-refractivity contribution in [1.82, 2.24) is 15.5 Å². The van der Waals surface area contributed by atoms with Crippen molar-refractivity contribution in [3.8, 4) is 0 Å². The van der Waals surface area contributed by atoms with Gasteiger partial charge in [0.25, 0.3) is 0 Å². The van der Waals surface area contributed by atoms with Gasteiger partial charge >= 0.3 is 6.01 Å². The first-order chi connectivity index (χ1) is 9.08. The fourth-order valence-corrected chi connectivity index (χ4v) is 2.51. The Balaban J connectivity index is 1.97. The highest BCUT2D eigenvalue weighted by atomic mass is 16.4. The molecule has 0 aromatic carbocycles. The molecule has 2 heterocycles. The molecule has 1 unspecified atom stereocenters. The molecular weight excluding hydrogens is 240 g/mol. The number of piperidine rings is 1. The van der Waals surface area contributed by atoms with E-state index in [1.807, 2.05) is 6.92 Å². The first-order valence-electron chi connectivity index (χ1n) is 7.39. The maximum atomic E-state index is 5.78. The van der Waals surface area contributed by atoms with Gasteiger partial charge in [-0.2, -0.15) is 0 Å². The Hall–Kier alpha value is -1.10. The van der Waals surface area contributed by atoms with E-state index in [4.69, 9.17) is 4.42 Å². The topological polar surface area (TPSA) is 54.2 Å². The Kier molecular flexibility index (Phi) is 4.45. The highest BCUT2D eigenvalue weighted by Crippen LogP contribution is 2.35. The Morgan fingerprint density at radius 3 is 2.58 bits per heavy atom. The fraction of sp³-hybridized carbons (Fsp3) is 0.857. The average molecular weight is 266 g/mol. The van der Waals surface area contributed by atoms with E-state index in [9.17, 15) is 0 Å². The molecule has 1 aliphatic heterocycles. The molecule has 0 amide bonds.